The van der Waals surface area contributed by atoms with Gasteiger partial charge in [-0.3, -0.25) is 9.59 Å². The fourth-order valence-corrected chi connectivity index (χ4v) is 2.54. The SMILES string of the molecule is Cc1ccccc1C(=O)N[C@H](C(=O)Nc1ccc(Cl)cc1F)C(C)C. The summed E-state index contributed by atoms with van der Waals surface area (Å²) in [6, 6.07) is 10.3. The average molecular weight is 363 g/mol. The molecule has 0 saturated heterocycles. The number of nitrogens with one attached hydrogen (secondary N) is 2. The second-order valence-corrected chi connectivity index (χ2v) is 6.56. The number of hydrogen-bond acceptors (Lipinski definition) is 2. The van der Waals surface area contributed by atoms with Gasteiger partial charge in [-0.25, -0.2) is 4.39 Å². The average Bonchev–Trinajstić information content (AvgIpc) is 2.55. The van der Waals surface area contributed by atoms with Gasteiger partial charge in [-0.15, -0.1) is 0 Å². The van der Waals surface area contributed by atoms with Crippen LogP contribution in [-0.2, 0) is 4.79 Å². The lowest BCUT2D eigenvalue weighted by atomic mass is 10.0. The van der Waals surface area contributed by atoms with Gasteiger partial charge in [0, 0.05) is 10.6 Å². The van der Waals surface area contributed by atoms with Gasteiger partial charge in [0.15, 0.2) is 0 Å². The molecular formula is C19H20ClFN2O2. The minimum absolute atomic E-state index is 0.0187. The van der Waals surface area contributed by atoms with Crippen molar-refractivity contribution in [3.05, 3.63) is 64.4 Å². The van der Waals surface area contributed by atoms with Crippen molar-refractivity contribution >= 4 is 29.1 Å². The Morgan fingerprint density at radius 1 is 1.12 bits per heavy atom. The van der Waals surface area contributed by atoms with Crippen molar-refractivity contribution in [2.24, 2.45) is 5.92 Å². The van der Waals surface area contributed by atoms with E-state index in [1.165, 1.54) is 12.1 Å². The van der Waals surface area contributed by atoms with Crippen LogP contribution in [0.4, 0.5) is 10.1 Å². The molecule has 132 valence electrons. The van der Waals surface area contributed by atoms with E-state index < -0.39 is 17.8 Å². The molecule has 0 unspecified atom stereocenters. The number of hydrogen-bond donors (Lipinski definition) is 2. The molecule has 2 amide bonds. The molecule has 0 aliphatic carbocycles. The maximum atomic E-state index is 13.9. The zero-order chi connectivity index (χ0) is 18.6. The van der Waals surface area contributed by atoms with Crippen LogP contribution in [-0.4, -0.2) is 17.9 Å². The molecular weight excluding hydrogens is 343 g/mol. The topological polar surface area (TPSA) is 58.2 Å². The Bertz CT molecular complexity index is 793. The molecule has 0 bridgehead atoms. The van der Waals surface area contributed by atoms with Crippen molar-refractivity contribution in [3.8, 4) is 0 Å². The standard InChI is InChI=1S/C19H20ClFN2O2/c1-11(2)17(23-18(24)14-7-5-4-6-12(14)3)19(25)22-16-9-8-13(20)10-15(16)21/h4-11,17H,1-3H3,(H,22,25)(H,23,24)/t17-/m0/s1. The van der Waals surface area contributed by atoms with Crippen LogP contribution in [0.25, 0.3) is 0 Å². The summed E-state index contributed by atoms with van der Waals surface area (Å²) in [5, 5.41) is 5.47. The molecule has 4 nitrogen and oxygen atoms in total. The van der Waals surface area contributed by atoms with Gasteiger partial charge in [-0.1, -0.05) is 43.6 Å². The first-order chi connectivity index (χ1) is 11.8. The number of anilines is 1. The quantitative estimate of drug-likeness (QED) is 0.838. The lowest BCUT2D eigenvalue weighted by molar-refractivity contribution is -0.118. The predicted octanol–water partition coefficient (Wildman–Crippen LogP) is 4.18. The summed E-state index contributed by atoms with van der Waals surface area (Å²) in [6.45, 7) is 5.43. The number of aryl methyl sites for hydroxylation is 1. The molecule has 0 aliphatic rings. The number of benzene rings is 2. The Balaban J connectivity index is 2.16. The van der Waals surface area contributed by atoms with Crippen LogP contribution in [0.15, 0.2) is 42.5 Å². The summed E-state index contributed by atoms with van der Waals surface area (Å²) in [7, 11) is 0. The van der Waals surface area contributed by atoms with Crippen molar-refractivity contribution in [2.75, 3.05) is 5.32 Å². The van der Waals surface area contributed by atoms with E-state index in [0.717, 1.165) is 11.6 Å². The number of amides is 2. The highest BCUT2D eigenvalue weighted by Gasteiger charge is 2.25. The van der Waals surface area contributed by atoms with Crippen molar-refractivity contribution in [2.45, 2.75) is 26.8 Å². The van der Waals surface area contributed by atoms with E-state index in [1.807, 2.05) is 19.1 Å². The van der Waals surface area contributed by atoms with Gasteiger partial charge in [0.05, 0.1) is 5.69 Å². The van der Waals surface area contributed by atoms with E-state index in [1.54, 1.807) is 26.0 Å². The summed E-state index contributed by atoms with van der Waals surface area (Å²) in [4.78, 5) is 25.0. The molecule has 2 rings (SSSR count). The van der Waals surface area contributed by atoms with Gasteiger partial charge in [0.25, 0.3) is 5.91 Å². The van der Waals surface area contributed by atoms with Crippen LogP contribution in [0.2, 0.25) is 5.02 Å². The lowest BCUT2D eigenvalue weighted by Crippen LogP contribution is -2.47. The van der Waals surface area contributed by atoms with Crippen LogP contribution in [0.1, 0.15) is 29.8 Å². The molecule has 6 heteroatoms. The molecule has 2 N–H and O–H groups in total. The summed E-state index contributed by atoms with van der Waals surface area (Å²) in [5.74, 6) is -1.64. The fourth-order valence-electron chi connectivity index (χ4n) is 2.38. The van der Waals surface area contributed by atoms with Gasteiger partial charge in [-0.05, 0) is 42.7 Å². The molecule has 0 aliphatic heterocycles. The zero-order valence-electron chi connectivity index (χ0n) is 14.3. The van der Waals surface area contributed by atoms with E-state index >= 15 is 0 Å². The molecule has 0 fully saturated rings. The van der Waals surface area contributed by atoms with Crippen LogP contribution in [0, 0.1) is 18.7 Å². The monoisotopic (exact) mass is 362 g/mol. The minimum atomic E-state index is -0.804. The van der Waals surface area contributed by atoms with Gasteiger partial charge in [0.2, 0.25) is 5.91 Å². The van der Waals surface area contributed by atoms with Crippen LogP contribution >= 0.6 is 11.6 Å². The molecule has 2 aromatic rings. The summed E-state index contributed by atoms with van der Waals surface area (Å²) in [6.07, 6.45) is 0. The third-order valence-corrected chi connectivity index (χ3v) is 4.05. The molecule has 0 radical (unpaired) electrons. The van der Waals surface area contributed by atoms with E-state index in [9.17, 15) is 14.0 Å². The zero-order valence-corrected chi connectivity index (χ0v) is 15.0. The Kier molecular flexibility index (Phi) is 6.15. The van der Waals surface area contributed by atoms with Gasteiger partial charge >= 0.3 is 0 Å². The third-order valence-electron chi connectivity index (χ3n) is 3.81. The first kappa shape index (κ1) is 18.9. The van der Waals surface area contributed by atoms with Gasteiger partial charge < -0.3 is 10.6 Å². The van der Waals surface area contributed by atoms with Gasteiger partial charge in [-0.2, -0.15) is 0 Å². The van der Waals surface area contributed by atoms with Crippen LogP contribution in [0.3, 0.4) is 0 Å². The summed E-state index contributed by atoms with van der Waals surface area (Å²) >= 11 is 5.71. The number of rotatable bonds is 5. The first-order valence-electron chi connectivity index (χ1n) is 7.92. The Morgan fingerprint density at radius 3 is 2.40 bits per heavy atom. The third kappa shape index (κ3) is 4.79. The summed E-state index contributed by atoms with van der Waals surface area (Å²) < 4.78 is 13.9. The highest BCUT2D eigenvalue weighted by molar-refractivity contribution is 6.30. The van der Waals surface area contributed by atoms with E-state index in [0.29, 0.717) is 5.56 Å². The van der Waals surface area contributed by atoms with Crippen molar-refractivity contribution in [3.63, 3.8) is 0 Å². The largest absolute Gasteiger partial charge is 0.340 e. The van der Waals surface area contributed by atoms with Crippen molar-refractivity contribution in [1.82, 2.24) is 5.32 Å². The molecule has 0 aromatic heterocycles. The van der Waals surface area contributed by atoms with Gasteiger partial charge in [0.1, 0.15) is 11.9 Å². The van der Waals surface area contributed by atoms with Crippen LogP contribution < -0.4 is 10.6 Å². The second-order valence-electron chi connectivity index (χ2n) is 6.12. The lowest BCUT2D eigenvalue weighted by Gasteiger charge is -2.22. The maximum absolute atomic E-state index is 13.9. The Hall–Kier alpha value is -2.40. The van der Waals surface area contributed by atoms with Crippen LogP contribution in [0.5, 0.6) is 0 Å². The Morgan fingerprint density at radius 2 is 1.80 bits per heavy atom. The van der Waals surface area contributed by atoms with E-state index in [4.69, 9.17) is 11.6 Å². The Labute approximate surface area is 151 Å². The smallest absolute Gasteiger partial charge is 0.252 e. The maximum Gasteiger partial charge on any atom is 0.252 e. The highest BCUT2D eigenvalue weighted by atomic mass is 35.5. The molecule has 0 spiro atoms. The summed E-state index contributed by atoms with van der Waals surface area (Å²) in [5.41, 5.74) is 1.33. The van der Waals surface area contributed by atoms with E-state index in [2.05, 4.69) is 10.6 Å². The van der Waals surface area contributed by atoms with E-state index in [-0.39, 0.29) is 22.5 Å². The predicted molar refractivity (Wildman–Crippen MR) is 97.3 cm³/mol. The van der Waals surface area contributed by atoms with Crippen molar-refractivity contribution in [1.29, 1.82) is 0 Å². The molecule has 0 saturated carbocycles. The molecule has 1 atom stereocenters. The second kappa shape index (κ2) is 8.12. The first-order valence-corrected chi connectivity index (χ1v) is 8.29. The minimum Gasteiger partial charge on any atom is -0.340 e. The highest BCUT2D eigenvalue weighted by Crippen LogP contribution is 2.19. The number of carbonyl (C=O) groups is 2. The molecule has 2 aromatic carbocycles. The normalized spacial score (nSPS) is 11.9. The number of halogens is 2. The molecule has 0 heterocycles. The molecule has 25 heavy (non-hydrogen) atoms. The number of carbonyl (C=O) groups excluding carboxylic acids is 2. The fraction of sp³-hybridized carbons (Fsp3) is 0.263. The van der Waals surface area contributed by atoms with Crippen molar-refractivity contribution < 1.29 is 14.0 Å².